The molecule has 0 radical (unpaired) electrons. The van der Waals surface area contributed by atoms with Gasteiger partial charge in [-0.05, 0) is 42.7 Å². The Morgan fingerprint density at radius 2 is 2.09 bits per heavy atom. The van der Waals surface area contributed by atoms with Gasteiger partial charge in [-0.2, -0.15) is 4.80 Å². The first-order valence-electron chi connectivity index (χ1n) is 7.79. The lowest BCUT2D eigenvalue weighted by molar-refractivity contribution is 0.100. The summed E-state index contributed by atoms with van der Waals surface area (Å²) in [5.74, 6) is 0.112. The molecule has 0 aliphatic carbocycles. The first-order valence-corrected chi connectivity index (χ1v) is 7.79. The molecule has 2 aromatic rings. The first-order chi connectivity index (χ1) is 11.1. The first kappa shape index (κ1) is 15.3. The summed E-state index contributed by atoms with van der Waals surface area (Å²) in [6.45, 7) is 2.43. The molecule has 0 unspecified atom stereocenters. The topological polar surface area (TPSA) is 102 Å². The van der Waals surface area contributed by atoms with E-state index in [2.05, 4.69) is 25.6 Å². The number of nitrogens with zero attached hydrogens (tertiary/aromatic N) is 5. The molecule has 1 amide bonds. The van der Waals surface area contributed by atoms with Gasteiger partial charge in [0, 0.05) is 24.5 Å². The normalized spacial score (nSPS) is 14.7. The number of benzene rings is 1. The van der Waals surface area contributed by atoms with Gasteiger partial charge in [-0.3, -0.25) is 4.79 Å². The highest BCUT2D eigenvalue weighted by Gasteiger charge is 2.15. The number of amides is 1. The fourth-order valence-corrected chi connectivity index (χ4v) is 2.81. The lowest BCUT2D eigenvalue weighted by atomic mass is 10.1. The van der Waals surface area contributed by atoms with E-state index in [1.165, 1.54) is 24.1 Å². The van der Waals surface area contributed by atoms with E-state index in [1.54, 1.807) is 7.05 Å². The van der Waals surface area contributed by atoms with Crippen LogP contribution in [0.25, 0.3) is 0 Å². The number of carbonyl (C=O) groups is 1. The minimum atomic E-state index is -0.446. The van der Waals surface area contributed by atoms with Crippen molar-refractivity contribution in [3.63, 3.8) is 0 Å². The summed E-state index contributed by atoms with van der Waals surface area (Å²) in [6, 6.07) is 5.77. The maximum absolute atomic E-state index is 11.8. The fraction of sp³-hybridized carbons (Fsp3) is 0.467. The summed E-state index contributed by atoms with van der Waals surface area (Å²) in [6.07, 6.45) is 3.64. The number of aromatic nitrogens is 4. The predicted molar refractivity (Wildman–Crippen MR) is 87.1 cm³/mol. The summed E-state index contributed by atoms with van der Waals surface area (Å²) in [5, 5.41) is 14.9. The van der Waals surface area contributed by atoms with Crippen LogP contribution < -0.4 is 16.0 Å². The molecule has 3 rings (SSSR count). The Kier molecular flexibility index (Phi) is 4.40. The lowest BCUT2D eigenvalue weighted by Gasteiger charge is -2.29. The molecular weight excluding hydrogens is 294 g/mol. The van der Waals surface area contributed by atoms with E-state index in [4.69, 9.17) is 5.73 Å². The third-order valence-electron chi connectivity index (χ3n) is 3.98. The van der Waals surface area contributed by atoms with Gasteiger partial charge in [-0.25, -0.2) is 0 Å². The van der Waals surface area contributed by atoms with Gasteiger partial charge in [-0.15, -0.1) is 10.2 Å². The second-order valence-corrected chi connectivity index (χ2v) is 5.69. The molecule has 8 nitrogen and oxygen atoms in total. The largest absolute Gasteiger partial charge is 0.377 e. The summed E-state index contributed by atoms with van der Waals surface area (Å²) in [4.78, 5) is 15.5. The molecule has 0 bridgehead atoms. The number of hydrogen-bond acceptors (Lipinski definition) is 6. The van der Waals surface area contributed by atoms with Crippen LogP contribution in [0, 0.1) is 0 Å². The molecule has 8 heteroatoms. The van der Waals surface area contributed by atoms with Gasteiger partial charge in [0.15, 0.2) is 5.82 Å². The van der Waals surface area contributed by atoms with Crippen molar-refractivity contribution in [3.8, 4) is 0 Å². The summed E-state index contributed by atoms with van der Waals surface area (Å²) >= 11 is 0. The van der Waals surface area contributed by atoms with Gasteiger partial charge in [0.05, 0.1) is 19.2 Å². The van der Waals surface area contributed by atoms with Gasteiger partial charge in [0.1, 0.15) is 0 Å². The van der Waals surface area contributed by atoms with Crippen molar-refractivity contribution in [2.24, 2.45) is 12.8 Å². The molecule has 23 heavy (non-hydrogen) atoms. The molecule has 3 N–H and O–H groups in total. The highest BCUT2D eigenvalue weighted by Crippen LogP contribution is 2.25. The smallest absolute Gasteiger partial charge is 0.250 e. The maximum Gasteiger partial charge on any atom is 0.250 e. The number of primary amides is 1. The molecule has 0 spiro atoms. The van der Waals surface area contributed by atoms with Crippen LogP contribution in [0.5, 0.6) is 0 Å². The average molecular weight is 315 g/mol. The van der Waals surface area contributed by atoms with Crippen LogP contribution in [-0.2, 0) is 13.6 Å². The Bertz CT molecular complexity index is 691. The highest BCUT2D eigenvalue weighted by molar-refractivity contribution is 5.99. The van der Waals surface area contributed by atoms with Gasteiger partial charge in [-0.1, -0.05) is 0 Å². The van der Waals surface area contributed by atoms with Crippen LogP contribution in [0.2, 0.25) is 0 Å². The van der Waals surface area contributed by atoms with Crippen molar-refractivity contribution >= 4 is 17.3 Å². The number of carbonyl (C=O) groups excluding carboxylic acids is 1. The van der Waals surface area contributed by atoms with E-state index < -0.39 is 5.91 Å². The van der Waals surface area contributed by atoms with E-state index in [-0.39, 0.29) is 0 Å². The van der Waals surface area contributed by atoms with Gasteiger partial charge >= 0.3 is 0 Å². The molecule has 0 saturated carbocycles. The molecular formula is C15H21N7O. The minimum Gasteiger partial charge on any atom is -0.377 e. The van der Waals surface area contributed by atoms with Crippen molar-refractivity contribution in [2.45, 2.75) is 25.8 Å². The SMILES string of the molecule is Cn1nnc(CNc2ccc(N3CCCCC3)cc2C(N)=O)n1. The monoisotopic (exact) mass is 315 g/mol. The zero-order chi connectivity index (χ0) is 16.2. The minimum absolute atomic E-state index is 0.386. The standard InChI is InChI=1S/C15H21N7O/c1-21-19-14(18-20-21)10-17-13-6-5-11(9-12(13)15(16)23)22-7-3-2-4-8-22/h5-6,9,17H,2-4,7-8,10H2,1H3,(H2,16,23). The van der Waals surface area contributed by atoms with Crippen LogP contribution >= 0.6 is 0 Å². The van der Waals surface area contributed by atoms with Gasteiger partial charge in [0.2, 0.25) is 0 Å². The third-order valence-corrected chi connectivity index (χ3v) is 3.98. The van der Waals surface area contributed by atoms with E-state index >= 15 is 0 Å². The van der Waals surface area contributed by atoms with E-state index in [1.807, 2.05) is 18.2 Å². The number of rotatable bonds is 5. The second-order valence-electron chi connectivity index (χ2n) is 5.69. The summed E-state index contributed by atoms with van der Waals surface area (Å²) in [7, 11) is 1.71. The fourth-order valence-electron chi connectivity index (χ4n) is 2.81. The molecule has 0 atom stereocenters. The van der Waals surface area contributed by atoms with Crippen LogP contribution in [0.3, 0.4) is 0 Å². The Labute approximate surface area is 134 Å². The second kappa shape index (κ2) is 6.64. The number of piperidine rings is 1. The molecule has 1 fully saturated rings. The maximum atomic E-state index is 11.8. The number of aryl methyl sites for hydroxylation is 1. The van der Waals surface area contributed by atoms with Crippen molar-refractivity contribution in [3.05, 3.63) is 29.6 Å². The quantitative estimate of drug-likeness (QED) is 0.850. The Balaban J connectivity index is 1.77. The Morgan fingerprint density at radius 3 is 2.74 bits per heavy atom. The molecule has 1 aliphatic rings. The highest BCUT2D eigenvalue weighted by atomic mass is 16.1. The predicted octanol–water partition coefficient (Wildman–Crippen LogP) is 0.911. The zero-order valence-corrected chi connectivity index (χ0v) is 13.2. The molecule has 1 aliphatic heterocycles. The van der Waals surface area contributed by atoms with Crippen molar-refractivity contribution in [2.75, 3.05) is 23.3 Å². The van der Waals surface area contributed by atoms with Crippen LogP contribution in [0.1, 0.15) is 35.4 Å². The van der Waals surface area contributed by atoms with Crippen molar-refractivity contribution in [1.82, 2.24) is 20.2 Å². The molecule has 1 saturated heterocycles. The number of hydrogen-bond donors (Lipinski definition) is 2. The zero-order valence-electron chi connectivity index (χ0n) is 13.2. The molecule has 2 heterocycles. The molecule has 1 aromatic carbocycles. The number of tetrazole rings is 1. The number of nitrogens with one attached hydrogen (secondary N) is 1. The Hall–Kier alpha value is -2.64. The summed E-state index contributed by atoms with van der Waals surface area (Å²) in [5.41, 5.74) is 7.75. The average Bonchev–Trinajstić information content (AvgIpc) is 2.99. The van der Waals surface area contributed by atoms with E-state index in [0.717, 1.165) is 18.8 Å². The Morgan fingerprint density at radius 1 is 1.30 bits per heavy atom. The number of nitrogens with two attached hydrogens (primary N) is 1. The lowest BCUT2D eigenvalue weighted by Crippen LogP contribution is -2.29. The van der Waals surface area contributed by atoms with Crippen LogP contribution in [0.15, 0.2) is 18.2 Å². The van der Waals surface area contributed by atoms with E-state index in [9.17, 15) is 4.79 Å². The van der Waals surface area contributed by atoms with Gasteiger partial charge < -0.3 is 16.0 Å². The number of anilines is 2. The molecule has 1 aromatic heterocycles. The van der Waals surface area contributed by atoms with Crippen molar-refractivity contribution in [1.29, 1.82) is 0 Å². The van der Waals surface area contributed by atoms with Crippen molar-refractivity contribution < 1.29 is 4.79 Å². The van der Waals surface area contributed by atoms with Crippen LogP contribution in [0.4, 0.5) is 11.4 Å². The summed E-state index contributed by atoms with van der Waals surface area (Å²) < 4.78 is 0. The molecule has 122 valence electrons. The van der Waals surface area contributed by atoms with Gasteiger partial charge in [0.25, 0.3) is 5.91 Å². The van der Waals surface area contributed by atoms with Crippen LogP contribution in [-0.4, -0.2) is 39.2 Å². The van der Waals surface area contributed by atoms with E-state index in [0.29, 0.717) is 23.6 Å². The third kappa shape index (κ3) is 3.58.